The highest BCUT2D eigenvalue weighted by molar-refractivity contribution is 7.89. The number of hydrogen-bond acceptors (Lipinski definition) is 4. The molecule has 6 nitrogen and oxygen atoms in total. The third-order valence-electron chi connectivity index (χ3n) is 6.68. The van der Waals surface area contributed by atoms with Crippen LogP contribution in [0, 0.1) is 11.8 Å². The van der Waals surface area contributed by atoms with Crippen molar-refractivity contribution in [3.05, 3.63) is 34.9 Å². The van der Waals surface area contributed by atoms with Crippen molar-refractivity contribution in [1.29, 1.82) is 0 Å². The lowest BCUT2D eigenvalue weighted by molar-refractivity contribution is -0.117. The lowest BCUT2D eigenvalue weighted by atomic mass is 9.96. The van der Waals surface area contributed by atoms with E-state index in [1.807, 2.05) is 12.1 Å². The van der Waals surface area contributed by atoms with Crippen molar-refractivity contribution in [1.82, 2.24) is 9.62 Å². The molecule has 0 aromatic heterocycles. The zero-order chi connectivity index (χ0) is 21.1. The van der Waals surface area contributed by atoms with E-state index < -0.39 is 10.0 Å². The Morgan fingerprint density at radius 2 is 1.90 bits per heavy atom. The standard InChI is InChI=1S/C23H32N2O4S/c1-17-5-10-25(11-6-17)30(27,28)22-3-2-19-14-21(15-20(19)16-22)23(26)24-9-4-18-7-12-29-13-8-18/h2-3,15-18H,4-14H2,1H3,(H,24,26). The molecule has 0 atom stereocenters. The lowest BCUT2D eigenvalue weighted by Gasteiger charge is -2.29. The Labute approximate surface area is 179 Å². The molecule has 1 aromatic carbocycles. The summed E-state index contributed by atoms with van der Waals surface area (Å²) in [7, 11) is -3.48. The summed E-state index contributed by atoms with van der Waals surface area (Å²) in [5.41, 5.74) is 2.56. The van der Waals surface area contributed by atoms with E-state index in [1.54, 1.807) is 16.4 Å². The molecular formula is C23H32N2O4S. The predicted molar refractivity (Wildman–Crippen MR) is 116 cm³/mol. The number of carbonyl (C=O) groups is 1. The van der Waals surface area contributed by atoms with Gasteiger partial charge in [-0.05, 0) is 73.3 Å². The largest absolute Gasteiger partial charge is 0.381 e. The van der Waals surface area contributed by atoms with Gasteiger partial charge in [-0.2, -0.15) is 4.31 Å². The van der Waals surface area contributed by atoms with Crippen molar-refractivity contribution in [3.63, 3.8) is 0 Å². The molecule has 0 saturated carbocycles. The number of piperidine rings is 1. The number of amides is 1. The molecule has 0 unspecified atom stereocenters. The maximum atomic E-state index is 13.0. The number of rotatable bonds is 6. The molecule has 164 valence electrons. The van der Waals surface area contributed by atoms with E-state index in [0.717, 1.165) is 56.4 Å². The number of carbonyl (C=O) groups excluding carboxylic acids is 1. The van der Waals surface area contributed by atoms with Crippen molar-refractivity contribution >= 4 is 22.0 Å². The van der Waals surface area contributed by atoms with Crippen molar-refractivity contribution in [2.75, 3.05) is 32.8 Å². The molecule has 1 N–H and O–H groups in total. The summed E-state index contributed by atoms with van der Waals surface area (Å²) >= 11 is 0. The van der Waals surface area contributed by atoms with Crippen molar-refractivity contribution < 1.29 is 17.9 Å². The minimum atomic E-state index is -3.48. The number of nitrogens with one attached hydrogen (secondary N) is 1. The van der Waals surface area contributed by atoms with Crippen LogP contribution in [0.3, 0.4) is 0 Å². The maximum absolute atomic E-state index is 13.0. The lowest BCUT2D eigenvalue weighted by Crippen LogP contribution is -2.37. The highest BCUT2D eigenvalue weighted by Gasteiger charge is 2.29. The minimum Gasteiger partial charge on any atom is -0.381 e. The van der Waals surface area contributed by atoms with Crippen molar-refractivity contribution in [3.8, 4) is 0 Å². The van der Waals surface area contributed by atoms with Crippen LogP contribution in [0.15, 0.2) is 28.7 Å². The van der Waals surface area contributed by atoms with Crippen LogP contribution in [0.25, 0.3) is 6.08 Å². The second-order valence-corrected chi connectivity index (χ2v) is 10.8. The van der Waals surface area contributed by atoms with E-state index in [1.165, 1.54) is 0 Å². The van der Waals surface area contributed by atoms with Gasteiger partial charge in [-0.25, -0.2) is 8.42 Å². The number of nitrogens with zero attached hydrogens (tertiary/aromatic N) is 1. The predicted octanol–water partition coefficient (Wildman–Crippen LogP) is 2.98. The molecule has 7 heteroatoms. The molecule has 2 saturated heterocycles. The molecule has 2 heterocycles. The fourth-order valence-corrected chi connectivity index (χ4v) is 6.04. The highest BCUT2D eigenvalue weighted by atomic mass is 32.2. The molecule has 1 aromatic rings. The molecule has 0 bridgehead atoms. The summed E-state index contributed by atoms with van der Waals surface area (Å²) in [6.45, 7) is 5.64. The Hall–Kier alpha value is -1.70. The first-order chi connectivity index (χ1) is 14.4. The van der Waals surface area contributed by atoms with Crippen LogP contribution < -0.4 is 5.32 Å². The molecule has 0 radical (unpaired) electrons. The van der Waals surface area contributed by atoms with Crippen molar-refractivity contribution in [2.45, 2.75) is 50.3 Å². The van der Waals surface area contributed by atoms with E-state index in [2.05, 4.69) is 12.2 Å². The van der Waals surface area contributed by atoms with Gasteiger partial charge in [-0.15, -0.1) is 0 Å². The van der Waals surface area contributed by atoms with Gasteiger partial charge in [0.05, 0.1) is 4.90 Å². The summed E-state index contributed by atoms with van der Waals surface area (Å²) in [4.78, 5) is 12.9. The summed E-state index contributed by atoms with van der Waals surface area (Å²) < 4.78 is 33.0. The number of fused-ring (bicyclic) bond motifs is 1. The van der Waals surface area contributed by atoms with E-state index in [9.17, 15) is 13.2 Å². The van der Waals surface area contributed by atoms with Gasteiger partial charge in [0.1, 0.15) is 0 Å². The Kier molecular flexibility index (Phi) is 6.60. The quantitative estimate of drug-likeness (QED) is 0.750. The van der Waals surface area contributed by atoms with Crippen LogP contribution in [0.1, 0.15) is 50.2 Å². The van der Waals surface area contributed by atoms with E-state index in [-0.39, 0.29) is 5.91 Å². The average molecular weight is 433 g/mol. The van der Waals surface area contributed by atoms with Crippen LogP contribution in [0.4, 0.5) is 0 Å². The van der Waals surface area contributed by atoms with Gasteiger partial charge in [0, 0.05) is 44.8 Å². The topological polar surface area (TPSA) is 75.7 Å². The van der Waals surface area contributed by atoms with Gasteiger partial charge < -0.3 is 10.1 Å². The third-order valence-corrected chi connectivity index (χ3v) is 8.57. The molecule has 3 aliphatic rings. The van der Waals surface area contributed by atoms with Gasteiger partial charge in [-0.1, -0.05) is 13.0 Å². The van der Waals surface area contributed by atoms with Crippen molar-refractivity contribution in [2.24, 2.45) is 11.8 Å². The smallest absolute Gasteiger partial charge is 0.247 e. The first kappa shape index (κ1) is 21.5. The second kappa shape index (κ2) is 9.20. The number of benzene rings is 1. The van der Waals surface area contributed by atoms with Crippen LogP contribution in [0.2, 0.25) is 0 Å². The molecule has 0 spiro atoms. The second-order valence-electron chi connectivity index (χ2n) is 8.89. The van der Waals surface area contributed by atoms with E-state index in [4.69, 9.17) is 4.74 Å². The maximum Gasteiger partial charge on any atom is 0.247 e. The van der Waals surface area contributed by atoms with Gasteiger partial charge in [0.25, 0.3) is 0 Å². The van der Waals surface area contributed by atoms with Crippen LogP contribution in [-0.2, 0) is 26.0 Å². The Bertz CT molecular complexity index is 911. The number of ether oxygens (including phenoxy) is 1. The normalized spacial score (nSPS) is 21.3. The monoisotopic (exact) mass is 432 g/mol. The van der Waals surface area contributed by atoms with Gasteiger partial charge in [-0.3, -0.25) is 4.79 Å². The zero-order valence-electron chi connectivity index (χ0n) is 17.7. The first-order valence-electron chi connectivity index (χ1n) is 11.1. The van der Waals surface area contributed by atoms with Crippen LogP contribution in [0.5, 0.6) is 0 Å². The summed E-state index contributed by atoms with van der Waals surface area (Å²) in [6, 6.07) is 5.27. The van der Waals surface area contributed by atoms with E-state index >= 15 is 0 Å². The highest BCUT2D eigenvalue weighted by Crippen LogP contribution is 2.30. The molecule has 1 aliphatic carbocycles. The average Bonchev–Trinajstić information content (AvgIpc) is 3.18. The zero-order valence-corrected chi connectivity index (χ0v) is 18.5. The Balaban J connectivity index is 1.38. The SMILES string of the molecule is CC1CCN(S(=O)(=O)c2ccc3c(c2)C=C(C(=O)NCCC2CCOCC2)C3)CC1. The minimum absolute atomic E-state index is 0.0484. The fourth-order valence-electron chi connectivity index (χ4n) is 4.53. The van der Waals surface area contributed by atoms with E-state index in [0.29, 0.717) is 48.4 Å². The summed E-state index contributed by atoms with van der Waals surface area (Å²) in [6.07, 6.45) is 7.32. The Morgan fingerprint density at radius 1 is 1.17 bits per heavy atom. The molecule has 2 aliphatic heterocycles. The van der Waals surface area contributed by atoms with Gasteiger partial charge in [0.15, 0.2) is 0 Å². The molecule has 30 heavy (non-hydrogen) atoms. The van der Waals surface area contributed by atoms with Gasteiger partial charge in [0.2, 0.25) is 15.9 Å². The molecule has 4 rings (SSSR count). The molecular weight excluding hydrogens is 400 g/mol. The molecule has 1 amide bonds. The summed E-state index contributed by atoms with van der Waals surface area (Å²) in [5.74, 6) is 1.15. The fraction of sp³-hybridized carbons (Fsp3) is 0.609. The third kappa shape index (κ3) is 4.79. The van der Waals surface area contributed by atoms with Crippen LogP contribution >= 0.6 is 0 Å². The summed E-state index contributed by atoms with van der Waals surface area (Å²) in [5, 5.41) is 3.03. The van der Waals surface area contributed by atoms with Crippen LogP contribution in [-0.4, -0.2) is 51.5 Å². The first-order valence-corrected chi connectivity index (χ1v) is 12.6. The number of sulfonamides is 1. The van der Waals surface area contributed by atoms with Gasteiger partial charge >= 0.3 is 0 Å². The Morgan fingerprint density at radius 3 is 2.63 bits per heavy atom. The number of hydrogen-bond donors (Lipinski definition) is 1. The molecule has 2 fully saturated rings.